The van der Waals surface area contributed by atoms with Gasteiger partial charge in [-0.15, -0.1) is 0 Å². The first-order valence-electron chi connectivity index (χ1n) is 5.48. The average molecular weight is 243 g/mol. The molecule has 0 radical (unpaired) electrons. The summed E-state index contributed by atoms with van der Waals surface area (Å²) in [5.74, 6) is 1.92. The van der Waals surface area contributed by atoms with Crippen molar-refractivity contribution in [3.8, 4) is 0 Å². The number of thioether (sulfide) groups is 1. The van der Waals surface area contributed by atoms with E-state index in [4.69, 9.17) is 0 Å². The van der Waals surface area contributed by atoms with Crippen molar-refractivity contribution < 1.29 is 0 Å². The van der Waals surface area contributed by atoms with Crippen LogP contribution in [0.4, 0.5) is 5.13 Å². The third kappa shape index (κ3) is 3.65. The van der Waals surface area contributed by atoms with E-state index in [0.717, 1.165) is 16.7 Å². The van der Waals surface area contributed by atoms with Crippen LogP contribution in [0.2, 0.25) is 0 Å². The van der Waals surface area contributed by atoms with E-state index in [1.165, 1.54) is 30.8 Å². The third-order valence-electron chi connectivity index (χ3n) is 2.44. The van der Waals surface area contributed by atoms with Crippen molar-refractivity contribution in [1.29, 1.82) is 0 Å². The normalized spacial score (nSPS) is 17.7. The number of nitrogens with one attached hydrogen (secondary N) is 1. The molecule has 1 unspecified atom stereocenters. The second-order valence-corrected chi connectivity index (χ2v) is 6.14. The van der Waals surface area contributed by atoms with Gasteiger partial charge in [-0.05, 0) is 19.3 Å². The third-order valence-corrected chi connectivity index (χ3v) is 4.46. The SMILES string of the molecule is CCC(C)SCc1nsc(NC2CC2)n1. The van der Waals surface area contributed by atoms with Crippen molar-refractivity contribution in [2.45, 2.75) is 50.2 Å². The van der Waals surface area contributed by atoms with Gasteiger partial charge in [-0.25, -0.2) is 4.98 Å². The summed E-state index contributed by atoms with van der Waals surface area (Å²) in [5, 5.41) is 5.07. The van der Waals surface area contributed by atoms with E-state index in [-0.39, 0.29) is 0 Å². The molecule has 1 saturated carbocycles. The minimum atomic E-state index is 0.674. The lowest BCUT2D eigenvalue weighted by Crippen LogP contribution is -2.00. The summed E-state index contributed by atoms with van der Waals surface area (Å²) in [6.45, 7) is 4.46. The highest BCUT2D eigenvalue weighted by atomic mass is 32.2. The summed E-state index contributed by atoms with van der Waals surface area (Å²) in [6.07, 6.45) is 3.79. The maximum atomic E-state index is 4.47. The Bertz CT molecular complexity index is 309. The van der Waals surface area contributed by atoms with Gasteiger partial charge in [0.25, 0.3) is 0 Å². The lowest BCUT2D eigenvalue weighted by molar-refractivity contribution is 0.903. The minimum absolute atomic E-state index is 0.674. The fraction of sp³-hybridized carbons (Fsp3) is 0.800. The van der Waals surface area contributed by atoms with E-state index in [0.29, 0.717) is 11.3 Å². The minimum Gasteiger partial charge on any atom is -0.358 e. The van der Waals surface area contributed by atoms with Crippen LogP contribution in [-0.4, -0.2) is 20.6 Å². The Morgan fingerprint density at radius 2 is 2.40 bits per heavy atom. The lowest BCUT2D eigenvalue weighted by Gasteiger charge is -2.04. The monoisotopic (exact) mass is 243 g/mol. The van der Waals surface area contributed by atoms with E-state index in [9.17, 15) is 0 Å². The summed E-state index contributed by atoms with van der Waals surface area (Å²) in [4.78, 5) is 4.47. The van der Waals surface area contributed by atoms with Crippen LogP contribution < -0.4 is 5.32 Å². The van der Waals surface area contributed by atoms with Crippen molar-refractivity contribution in [1.82, 2.24) is 9.36 Å². The molecule has 1 aliphatic carbocycles. The molecule has 1 N–H and O–H groups in total. The standard InChI is InChI=1S/C10H17N3S2/c1-3-7(2)14-6-9-12-10(15-13-9)11-8-4-5-8/h7-8H,3-6H2,1-2H3,(H,11,12,13). The second kappa shape index (κ2) is 5.16. The Kier molecular flexibility index (Phi) is 3.86. The van der Waals surface area contributed by atoms with E-state index in [1.54, 1.807) is 0 Å². The Morgan fingerprint density at radius 1 is 1.60 bits per heavy atom. The number of hydrogen-bond acceptors (Lipinski definition) is 5. The van der Waals surface area contributed by atoms with Crippen LogP contribution in [0, 0.1) is 0 Å². The fourth-order valence-corrected chi connectivity index (χ4v) is 2.65. The quantitative estimate of drug-likeness (QED) is 0.833. The Hall–Kier alpha value is -0.290. The Labute approximate surface area is 99.2 Å². The highest BCUT2D eigenvalue weighted by Gasteiger charge is 2.22. The predicted octanol–water partition coefficient (Wildman–Crippen LogP) is 3.14. The van der Waals surface area contributed by atoms with Gasteiger partial charge >= 0.3 is 0 Å². The van der Waals surface area contributed by atoms with Crippen LogP contribution >= 0.6 is 23.3 Å². The number of rotatable bonds is 6. The predicted molar refractivity (Wildman–Crippen MR) is 67.6 cm³/mol. The Morgan fingerprint density at radius 3 is 3.07 bits per heavy atom. The number of aromatic nitrogens is 2. The topological polar surface area (TPSA) is 37.8 Å². The van der Waals surface area contributed by atoms with Crippen LogP contribution in [0.3, 0.4) is 0 Å². The van der Waals surface area contributed by atoms with Gasteiger partial charge in [0.05, 0.1) is 5.75 Å². The molecule has 1 aromatic rings. The first kappa shape index (κ1) is 11.2. The van der Waals surface area contributed by atoms with Crippen molar-refractivity contribution in [2.24, 2.45) is 0 Å². The van der Waals surface area contributed by atoms with E-state index < -0.39 is 0 Å². The molecule has 3 nitrogen and oxygen atoms in total. The van der Waals surface area contributed by atoms with Gasteiger partial charge in [0.15, 0.2) is 5.82 Å². The summed E-state index contributed by atoms with van der Waals surface area (Å²) in [5.41, 5.74) is 0. The molecule has 1 fully saturated rings. The number of hydrogen-bond donors (Lipinski definition) is 1. The highest BCUT2D eigenvalue weighted by Crippen LogP contribution is 2.26. The number of nitrogens with zero attached hydrogens (tertiary/aromatic N) is 2. The van der Waals surface area contributed by atoms with Crippen molar-refractivity contribution in [2.75, 3.05) is 5.32 Å². The van der Waals surface area contributed by atoms with E-state index in [2.05, 4.69) is 28.5 Å². The van der Waals surface area contributed by atoms with Crippen LogP contribution in [0.15, 0.2) is 0 Å². The fourth-order valence-electron chi connectivity index (χ4n) is 1.11. The summed E-state index contributed by atoms with van der Waals surface area (Å²) >= 11 is 3.42. The molecular formula is C10H17N3S2. The van der Waals surface area contributed by atoms with Crippen molar-refractivity contribution in [3.05, 3.63) is 5.82 Å². The molecule has 0 spiro atoms. The van der Waals surface area contributed by atoms with Gasteiger partial charge in [-0.3, -0.25) is 0 Å². The molecule has 1 heterocycles. The van der Waals surface area contributed by atoms with Crippen molar-refractivity contribution >= 4 is 28.4 Å². The molecule has 5 heteroatoms. The van der Waals surface area contributed by atoms with Crippen LogP contribution in [0.1, 0.15) is 38.9 Å². The van der Waals surface area contributed by atoms with E-state index >= 15 is 0 Å². The largest absolute Gasteiger partial charge is 0.358 e. The lowest BCUT2D eigenvalue weighted by atomic mass is 10.4. The molecule has 1 aromatic heterocycles. The molecule has 0 saturated heterocycles. The zero-order valence-corrected chi connectivity index (χ0v) is 10.8. The van der Waals surface area contributed by atoms with Gasteiger partial charge in [0.2, 0.25) is 5.13 Å². The second-order valence-electron chi connectivity index (χ2n) is 3.96. The maximum absolute atomic E-state index is 4.47. The van der Waals surface area contributed by atoms with Crippen LogP contribution in [0.5, 0.6) is 0 Å². The molecule has 2 rings (SSSR count). The zero-order chi connectivity index (χ0) is 10.7. The molecule has 0 aromatic carbocycles. The van der Waals surface area contributed by atoms with Gasteiger partial charge in [0, 0.05) is 22.8 Å². The molecule has 0 bridgehead atoms. The van der Waals surface area contributed by atoms with Gasteiger partial charge in [-0.1, -0.05) is 13.8 Å². The number of anilines is 1. The van der Waals surface area contributed by atoms with Gasteiger partial charge < -0.3 is 5.32 Å². The van der Waals surface area contributed by atoms with Gasteiger partial charge in [0.1, 0.15) is 0 Å². The molecule has 1 atom stereocenters. The van der Waals surface area contributed by atoms with Crippen LogP contribution in [-0.2, 0) is 5.75 Å². The maximum Gasteiger partial charge on any atom is 0.202 e. The molecular weight excluding hydrogens is 226 g/mol. The molecule has 0 aliphatic heterocycles. The van der Waals surface area contributed by atoms with Crippen LogP contribution in [0.25, 0.3) is 0 Å². The average Bonchev–Trinajstić information content (AvgIpc) is 2.93. The zero-order valence-electron chi connectivity index (χ0n) is 9.19. The molecule has 0 amide bonds. The summed E-state index contributed by atoms with van der Waals surface area (Å²) in [7, 11) is 0. The van der Waals surface area contributed by atoms with Crippen molar-refractivity contribution in [3.63, 3.8) is 0 Å². The first-order chi connectivity index (χ1) is 7.28. The Balaban J connectivity index is 1.78. The highest BCUT2D eigenvalue weighted by molar-refractivity contribution is 7.99. The van der Waals surface area contributed by atoms with Gasteiger partial charge in [-0.2, -0.15) is 16.1 Å². The molecule has 1 aliphatic rings. The first-order valence-corrected chi connectivity index (χ1v) is 7.31. The molecule has 15 heavy (non-hydrogen) atoms. The summed E-state index contributed by atoms with van der Waals surface area (Å²) in [6, 6.07) is 0.674. The van der Waals surface area contributed by atoms with E-state index in [1.807, 2.05) is 11.8 Å². The molecule has 84 valence electrons. The smallest absolute Gasteiger partial charge is 0.202 e. The summed E-state index contributed by atoms with van der Waals surface area (Å²) < 4.78 is 4.35.